The van der Waals surface area contributed by atoms with Crippen molar-refractivity contribution in [3.63, 3.8) is 0 Å². The van der Waals surface area contributed by atoms with Crippen LogP contribution in [0.5, 0.6) is 0 Å². The van der Waals surface area contributed by atoms with Crippen LogP contribution in [-0.4, -0.2) is 45.6 Å². The third-order valence-electron chi connectivity index (χ3n) is 22.1. The quantitative estimate of drug-likeness (QED) is 0.226. The van der Waals surface area contributed by atoms with Gasteiger partial charge in [0.1, 0.15) is 23.1 Å². The number of hydrogen-bond acceptors (Lipinski definition) is 6. The van der Waals surface area contributed by atoms with Crippen LogP contribution in [0.15, 0.2) is 0 Å². The van der Waals surface area contributed by atoms with Gasteiger partial charge in [-0.05, 0) is 210 Å². The van der Waals surface area contributed by atoms with E-state index in [-0.39, 0.29) is 77.0 Å². The van der Waals surface area contributed by atoms with E-state index in [1.54, 1.807) is 13.8 Å². The molecule has 2 N–H and O–H groups in total. The molecule has 6 nitrogen and oxygen atoms in total. The predicted molar refractivity (Wildman–Crippen MR) is 255 cm³/mol. The number of fused-ring (bicyclic) bond motifs is 10. The molecular weight excluding hydrogens is 789 g/mol. The Bertz CT molecular complexity index is 1640. The zero-order chi connectivity index (χ0) is 44.6. The number of aliphatic hydroxyl groups is 2. The van der Waals surface area contributed by atoms with Gasteiger partial charge in [0.25, 0.3) is 0 Å². The summed E-state index contributed by atoms with van der Waals surface area (Å²) in [4.78, 5) is 51.4. The van der Waals surface area contributed by atoms with E-state index in [2.05, 4.69) is 62.3 Å². The summed E-state index contributed by atoms with van der Waals surface area (Å²) in [6.07, 6.45) is 19.4. The second-order valence-corrected chi connectivity index (χ2v) is 24.8. The highest BCUT2D eigenvalue weighted by Gasteiger charge is 2.67. The highest BCUT2D eigenvalue weighted by Crippen LogP contribution is 2.70. The number of hydrogen-bond donors (Lipinski definition) is 2. The van der Waals surface area contributed by atoms with Gasteiger partial charge in [-0.25, -0.2) is 0 Å². The monoisotopic (exact) mass is 881 g/mol. The first-order valence-corrected chi connectivity index (χ1v) is 26.1. The molecule has 8 rings (SSSR count). The molecule has 0 heterocycles. The lowest BCUT2D eigenvalue weighted by molar-refractivity contribution is -0.173. The summed E-state index contributed by atoms with van der Waals surface area (Å²) in [6.45, 7) is 24.5. The molecule has 8 unspecified atom stereocenters. The fraction of sp³-hybridized carbons (Fsp3) is 0.927. The molecule has 8 aliphatic carbocycles. The number of Topliss-reactive ketones (excluding diaryl/α,β-unsaturated/α-hetero) is 4. The van der Waals surface area contributed by atoms with Gasteiger partial charge in [0.2, 0.25) is 0 Å². The first-order valence-electron chi connectivity index (χ1n) is 26.1. The van der Waals surface area contributed by atoms with Gasteiger partial charge in [-0.3, -0.25) is 14.4 Å². The van der Waals surface area contributed by atoms with Crippen molar-refractivity contribution in [1.29, 1.82) is 0 Å². The van der Waals surface area contributed by atoms with Gasteiger partial charge in [-0.1, -0.05) is 62.3 Å². The summed E-state index contributed by atoms with van der Waals surface area (Å²) in [5.41, 5.74) is 0.927. The van der Waals surface area contributed by atoms with Crippen LogP contribution in [0, 0.1) is 110 Å². The molecule has 21 atom stereocenters. The minimum atomic E-state index is -0.217. The number of carbonyl (C=O) groups excluding carboxylic acids is 4. The molecule has 0 amide bonds. The average Bonchev–Trinajstić information content (AvgIpc) is 3.75. The van der Waals surface area contributed by atoms with Crippen molar-refractivity contribution in [2.45, 2.75) is 210 Å². The van der Waals surface area contributed by atoms with Crippen LogP contribution in [0.3, 0.4) is 0 Å². The molecule has 0 aromatic carbocycles. The van der Waals surface area contributed by atoms with Crippen LogP contribution in [0.4, 0.5) is 0 Å². The standard InChI is InChI=1S/C28H46O3.C27H44O3.H2S/c1-7-20-24-15-19(30)10-12-28(24,6)23-11-13-27(5)21(17(3)14-16(2)18(4)29)8-9-22(27)25(23)26(20)31;1-6-19-23-15-18(29)11-13-27(23,5)22-12-14-26(4)20(16(2)7-8-17(3)28)9-10-21(26)24(22)25(19)30;/h16-17,19-25,30H,7-15H2,1-6H3;16,18-24,29H,6-15H2,1-5H3;1H2/t16-,17+,19+,20+,21+,22?,23?,24?,25?,27+,28+;16-,18-,19-,20-,21?,22?,23?,24?,26-,27-;/m01./s1. The molecule has 7 heteroatoms. The van der Waals surface area contributed by atoms with Crippen molar-refractivity contribution >= 4 is 36.6 Å². The summed E-state index contributed by atoms with van der Waals surface area (Å²) < 4.78 is 0. The second-order valence-electron chi connectivity index (χ2n) is 24.8. The van der Waals surface area contributed by atoms with Crippen LogP contribution in [0.25, 0.3) is 0 Å². The van der Waals surface area contributed by atoms with Crippen molar-refractivity contribution in [3.8, 4) is 0 Å². The molecule has 8 saturated carbocycles. The van der Waals surface area contributed by atoms with E-state index >= 15 is 0 Å². The fourth-order valence-electron chi connectivity index (χ4n) is 18.7. The number of rotatable bonds is 10. The Labute approximate surface area is 385 Å². The summed E-state index contributed by atoms with van der Waals surface area (Å²) in [6, 6.07) is 0. The zero-order valence-corrected chi connectivity index (χ0v) is 42.3. The van der Waals surface area contributed by atoms with Gasteiger partial charge in [-0.2, -0.15) is 13.5 Å². The molecule has 0 aliphatic heterocycles. The van der Waals surface area contributed by atoms with Crippen LogP contribution in [0.2, 0.25) is 0 Å². The van der Waals surface area contributed by atoms with Crippen LogP contribution in [0.1, 0.15) is 198 Å². The average molecular weight is 881 g/mol. The van der Waals surface area contributed by atoms with Gasteiger partial charge >= 0.3 is 0 Å². The third kappa shape index (κ3) is 8.35. The Kier molecular flexibility index (Phi) is 15.4. The van der Waals surface area contributed by atoms with E-state index in [0.717, 1.165) is 64.2 Å². The van der Waals surface area contributed by atoms with Gasteiger partial charge in [0.15, 0.2) is 0 Å². The van der Waals surface area contributed by atoms with Crippen LogP contribution < -0.4 is 0 Å². The Balaban J connectivity index is 0.000000204. The Morgan fingerprint density at radius 1 is 0.581 bits per heavy atom. The smallest absolute Gasteiger partial charge is 0.139 e. The highest BCUT2D eigenvalue weighted by molar-refractivity contribution is 7.59. The van der Waals surface area contributed by atoms with Crippen molar-refractivity contribution in [2.24, 2.45) is 110 Å². The minimum absolute atomic E-state index is 0. The lowest BCUT2D eigenvalue weighted by atomic mass is 9.42. The maximum Gasteiger partial charge on any atom is 0.139 e. The fourth-order valence-corrected chi connectivity index (χ4v) is 18.7. The number of aliphatic hydroxyl groups excluding tert-OH is 2. The molecule has 8 aliphatic rings. The normalized spacial score (nSPS) is 48.3. The van der Waals surface area contributed by atoms with Crippen molar-refractivity contribution in [1.82, 2.24) is 0 Å². The SMILES string of the molecule is CC[C@H]1C(=O)C2C(CC[C@@]3(C)C2CC[C@@H]3[C@H](C)CCC(C)=O)[C@@]2(C)CC[C@@H](O)CC12.CC[C@H]1C(=O)C2C(CC[C@@]3(C)C2CC[C@@H]3[C@H](C)C[C@H](C)C(C)=O)[C@@]2(C)CC[C@@H](O)CC12.S. The lowest BCUT2D eigenvalue weighted by Crippen LogP contribution is -2.60. The first-order chi connectivity index (χ1) is 28.7. The van der Waals surface area contributed by atoms with E-state index in [0.29, 0.717) is 88.7 Å². The van der Waals surface area contributed by atoms with Crippen molar-refractivity contribution in [3.05, 3.63) is 0 Å². The molecule has 354 valence electrons. The molecule has 0 bridgehead atoms. The molecule has 0 spiro atoms. The van der Waals surface area contributed by atoms with E-state index in [1.807, 2.05) is 0 Å². The summed E-state index contributed by atoms with van der Waals surface area (Å²) in [5.74, 6) is 7.75. The lowest BCUT2D eigenvalue weighted by Gasteiger charge is -2.62. The zero-order valence-electron chi connectivity index (χ0n) is 41.3. The minimum Gasteiger partial charge on any atom is -0.393 e. The van der Waals surface area contributed by atoms with Crippen LogP contribution in [-0.2, 0) is 19.2 Å². The molecule has 0 aromatic rings. The third-order valence-corrected chi connectivity index (χ3v) is 22.1. The molecular formula is C55H92O6S. The molecule has 0 radical (unpaired) electrons. The number of ketones is 4. The summed E-state index contributed by atoms with van der Waals surface area (Å²) in [7, 11) is 0. The van der Waals surface area contributed by atoms with Crippen molar-refractivity contribution in [2.75, 3.05) is 0 Å². The largest absolute Gasteiger partial charge is 0.393 e. The molecule has 0 aromatic heterocycles. The van der Waals surface area contributed by atoms with E-state index < -0.39 is 0 Å². The Morgan fingerprint density at radius 3 is 1.35 bits per heavy atom. The predicted octanol–water partition coefficient (Wildman–Crippen LogP) is 12.0. The van der Waals surface area contributed by atoms with Crippen LogP contribution >= 0.6 is 13.5 Å². The summed E-state index contributed by atoms with van der Waals surface area (Å²) >= 11 is 0. The summed E-state index contributed by atoms with van der Waals surface area (Å²) in [5, 5.41) is 20.8. The highest BCUT2D eigenvalue weighted by atomic mass is 32.1. The maximum atomic E-state index is 14.0. The van der Waals surface area contributed by atoms with Gasteiger partial charge < -0.3 is 15.0 Å². The van der Waals surface area contributed by atoms with E-state index in [4.69, 9.17) is 0 Å². The Hall–Kier alpha value is -1.05. The first kappa shape index (κ1) is 50.4. The van der Waals surface area contributed by atoms with E-state index in [9.17, 15) is 29.4 Å². The maximum absolute atomic E-state index is 14.0. The Morgan fingerprint density at radius 2 is 0.968 bits per heavy atom. The molecule has 62 heavy (non-hydrogen) atoms. The topological polar surface area (TPSA) is 109 Å². The van der Waals surface area contributed by atoms with E-state index in [1.165, 1.54) is 51.4 Å². The van der Waals surface area contributed by atoms with Crippen molar-refractivity contribution < 1.29 is 29.4 Å². The molecule has 0 saturated heterocycles. The molecule has 8 fully saturated rings. The van der Waals surface area contributed by atoms with Gasteiger partial charge in [0.05, 0.1) is 12.2 Å². The number of carbonyl (C=O) groups is 4. The second kappa shape index (κ2) is 18.9. The van der Waals surface area contributed by atoms with Gasteiger partial charge in [-0.15, -0.1) is 0 Å². The van der Waals surface area contributed by atoms with Gasteiger partial charge in [0, 0.05) is 36.0 Å².